The normalized spacial score (nSPS) is 20.3. The minimum absolute atomic E-state index is 0.191. The molecular weight excluding hydrogens is 306 g/mol. The molecule has 1 N–H and O–H groups in total. The highest BCUT2D eigenvalue weighted by molar-refractivity contribution is 7.99. The van der Waals surface area contributed by atoms with Gasteiger partial charge < -0.3 is 4.74 Å². The van der Waals surface area contributed by atoms with Gasteiger partial charge in [0.1, 0.15) is 30.4 Å². The number of pyridine rings is 1. The molecule has 2 aliphatic heterocycles. The van der Waals surface area contributed by atoms with Gasteiger partial charge in [-0.2, -0.15) is 17.0 Å². The van der Waals surface area contributed by atoms with E-state index in [0.717, 1.165) is 49.9 Å². The number of thioether (sulfide) groups is 1. The third kappa shape index (κ3) is 3.20. The third-order valence-corrected chi connectivity index (χ3v) is 6.07. The number of hydrogen-bond acceptors (Lipinski definition) is 4. The fourth-order valence-electron chi connectivity index (χ4n) is 3.46. The summed E-state index contributed by atoms with van der Waals surface area (Å²) in [6.07, 6.45) is 0.960. The molecule has 1 aromatic rings. The van der Waals surface area contributed by atoms with Crippen LogP contribution in [0, 0.1) is 11.3 Å². The summed E-state index contributed by atoms with van der Waals surface area (Å²) in [6, 6.07) is 2.50. The lowest BCUT2D eigenvalue weighted by Gasteiger charge is -2.33. The summed E-state index contributed by atoms with van der Waals surface area (Å²) in [5.41, 5.74) is 4.77. The van der Waals surface area contributed by atoms with E-state index in [9.17, 15) is 5.26 Å². The van der Waals surface area contributed by atoms with Crippen molar-refractivity contribution in [1.29, 1.82) is 5.26 Å². The van der Waals surface area contributed by atoms with Gasteiger partial charge in [0.05, 0.1) is 13.2 Å². The van der Waals surface area contributed by atoms with E-state index in [1.807, 2.05) is 11.8 Å². The molecule has 0 aliphatic carbocycles. The Morgan fingerprint density at radius 3 is 2.57 bits per heavy atom. The maximum Gasteiger partial charge on any atom is 0.293 e. The highest BCUT2D eigenvalue weighted by atomic mass is 32.2. The number of aromatic amines is 1. The van der Waals surface area contributed by atoms with Crippen molar-refractivity contribution in [3.8, 4) is 6.07 Å². The predicted octanol–water partition coefficient (Wildman–Crippen LogP) is 2.90. The fourth-order valence-corrected chi connectivity index (χ4v) is 4.57. The molecular formula is C18H26N3OS+. The molecule has 1 fully saturated rings. The summed E-state index contributed by atoms with van der Waals surface area (Å²) in [6.45, 7) is 12.2. The molecule has 124 valence electrons. The lowest BCUT2D eigenvalue weighted by Crippen LogP contribution is -2.42. The Balaban J connectivity index is 2.16. The Morgan fingerprint density at radius 2 is 1.96 bits per heavy atom. The van der Waals surface area contributed by atoms with Crippen molar-refractivity contribution in [2.75, 3.05) is 31.2 Å². The second-order valence-corrected chi connectivity index (χ2v) is 8.99. The van der Waals surface area contributed by atoms with Crippen molar-refractivity contribution in [2.45, 2.75) is 50.5 Å². The number of morpholine rings is 1. The largest absolute Gasteiger partial charge is 0.373 e. The summed E-state index contributed by atoms with van der Waals surface area (Å²) < 4.78 is 5.67. The predicted molar refractivity (Wildman–Crippen MR) is 93.9 cm³/mol. The van der Waals surface area contributed by atoms with Crippen molar-refractivity contribution in [1.82, 2.24) is 0 Å². The van der Waals surface area contributed by atoms with Crippen LogP contribution in [0.4, 0.5) is 5.82 Å². The maximum absolute atomic E-state index is 9.87. The first-order valence-corrected chi connectivity index (χ1v) is 9.39. The van der Waals surface area contributed by atoms with Crippen LogP contribution >= 0.6 is 11.8 Å². The molecule has 0 amide bonds. The number of anilines is 1. The van der Waals surface area contributed by atoms with E-state index in [1.54, 1.807) is 0 Å². The van der Waals surface area contributed by atoms with E-state index < -0.39 is 0 Å². The summed E-state index contributed by atoms with van der Waals surface area (Å²) in [5.74, 6) is 2.42. The highest BCUT2D eigenvalue weighted by Gasteiger charge is 2.36. The molecule has 4 nitrogen and oxygen atoms in total. The number of aromatic nitrogens is 1. The first-order chi connectivity index (χ1) is 10.9. The lowest BCUT2D eigenvalue weighted by atomic mass is 9.89. The van der Waals surface area contributed by atoms with Gasteiger partial charge in [0, 0.05) is 22.0 Å². The highest BCUT2D eigenvalue weighted by Crippen LogP contribution is 2.42. The minimum Gasteiger partial charge on any atom is -0.373 e. The van der Waals surface area contributed by atoms with Crippen LogP contribution in [0.3, 0.4) is 0 Å². The molecule has 0 spiro atoms. The van der Waals surface area contributed by atoms with E-state index in [1.165, 1.54) is 16.8 Å². The van der Waals surface area contributed by atoms with Crippen LogP contribution in [0.2, 0.25) is 0 Å². The number of rotatable bonds is 2. The molecule has 1 saturated heterocycles. The van der Waals surface area contributed by atoms with Gasteiger partial charge >= 0.3 is 0 Å². The number of ether oxygens (including phenoxy) is 1. The van der Waals surface area contributed by atoms with Crippen molar-refractivity contribution < 1.29 is 9.72 Å². The first kappa shape index (κ1) is 16.6. The molecule has 0 aromatic carbocycles. The van der Waals surface area contributed by atoms with Gasteiger partial charge in [-0.1, -0.05) is 27.7 Å². The minimum atomic E-state index is 0.191. The molecule has 1 aromatic heterocycles. The zero-order chi connectivity index (χ0) is 16.6. The summed E-state index contributed by atoms with van der Waals surface area (Å²) in [5, 5.41) is 9.87. The van der Waals surface area contributed by atoms with Gasteiger partial charge in [-0.25, -0.2) is 4.98 Å². The second kappa shape index (κ2) is 6.33. The molecule has 0 atom stereocenters. The maximum atomic E-state index is 9.87. The van der Waals surface area contributed by atoms with Crippen LogP contribution < -0.4 is 9.88 Å². The Bertz CT molecular complexity index is 643. The van der Waals surface area contributed by atoms with E-state index in [0.29, 0.717) is 5.92 Å². The monoisotopic (exact) mass is 332 g/mol. The Kier molecular flexibility index (Phi) is 4.57. The molecule has 0 radical (unpaired) electrons. The Morgan fingerprint density at radius 1 is 1.26 bits per heavy atom. The fraction of sp³-hybridized carbons (Fsp3) is 0.667. The van der Waals surface area contributed by atoms with Crippen LogP contribution in [0.15, 0.2) is 0 Å². The molecule has 5 heteroatoms. The average molecular weight is 332 g/mol. The molecule has 23 heavy (non-hydrogen) atoms. The van der Waals surface area contributed by atoms with Crippen LogP contribution in [0.25, 0.3) is 0 Å². The number of hydrogen-bond donors (Lipinski definition) is 0. The van der Waals surface area contributed by atoms with Gasteiger partial charge in [0.15, 0.2) is 0 Å². The van der Waals surface area contributed by atoms with Crippen LogP contribution in [-0.2, 0) is 16.9 Å². The zero-order valence-corrected chi connectivity index (χ0v) is 15.3. The molecule has 0 saturated carbocycles. The number of nitriles is 1. The SMILES string of the molecule is CC(C)c1[nH+]c(N2CCOCC2)c(C#N)c2c1CSC(C)(C)C2. The van der Waals surface area contributed by atoms with Crippen LogP contribution in [0.1, 0.15) is 56.0 Å². The van der Waals surface area contributed by atoms with Gasteiger partial charge in [0.25, 0.3) is 5.82 Å². The van der Waals surface area contributed by atoms with Crippen molar-refractivity contribution in [3.63, 3.8) is 0 Å². The van der Waals surface area contributed by atoms with Gasteiger partial charge in [-0.05, 0) is 12.0 Å². The lowest BCUT2D eigenvalue weighted by molar-refractivity contribution is -0.380. The van der Waals surface area contributed by atoms with Crippen molar-refractivity contribution >= 4 is 17.6 Å². The van der Waals surface area contributed by atoms with Gasteiger partial charge in [-0.15, -0.1) is 0 Å². The second-order valence-electron chi connectivity index (χ2n) is 7.31. The Labute approximate surface area is 143 Å². The smallest absolute Gasteiger partial charge is 0.293 e. The molecule has 2 aliphatic rings. The van der Waals surface area contributed by atoms with E-state index >= 15 is 0 Å². The summed E-state index contributed by atoms with van der Waals surface area (Å²) >= 11 is 1.99. The van der Waals surface area contributed by atoms with Crippen LogP contribution in [-0.4, -0.2) is 31.1 Å². The summed E-state index contributed by atoms with van der Waals surface area (Å²) in [7, 11) is 0. The van der Waals surface area contributed by atoms with Crippen molar-refractivity contribution in [2.24, 2.45) is 0 Å². The summed E-state index contributed by atoms with van der Waals surface area (Å²) in [4.78, 5) is 5.90. The molecule has 3 heterocycles. The zero-order valence-electron chi connectivity index (χ0n) is 14.5. The first-order valence-electron chi connectivity index (χ1n) is 8.40. The number of H-pyrrole nitrogens is 1. The van der Waals surface area contributed by atoms with E-state index in [-0.39, 0.29) is 4.75 Å². The standard InChI is InChI=1S/C18H25N3OS/c1-12(2)16-15-11-23-18(3,4)9-13(15)14(10-19)17(20-16)21-5-7-22-8-6-21/h12H,5-9,11H2,1-4H3/p+1. The number of nitrogens with one attached hydrogen (secondary N) is 1. The topological polar surface area (TPSA) is 50.4 Å². The van der Waals surface area contributed by atoms with Gasteiger partial charge in [-0.3, -0.25) is 4.90 Å². The van der Waals surface area contributed by atoms with E-state index in [4.69, 9.17) is 4.74 Å². The quantitative estimate of drug-likeness (QED) is 0.835. The number of nitrogens with zero attached hydrogens (tertiary/aromatic N) is 2. The molecule has 0 bridgehead atoms. The molecule has 3 rings (SSSR count). The Hall–Kier alpha value is -1.25. The third-order valence-electron chi connectivity index (χ3n) is 4.71. The van der Waals surface area contributed by atoms with Crippen LogP contribution in [0.5, 0.6) is 0 Å². The van der Waals surface area contributed by atoms with E-state index in [2.05, 4.69) is 43.6 Å². The van der Waals surface area contributed by atoms with Crippen molar-refractivity contribution in [3.05, 3.63) is 22.4 Å². The number of fused-ring (bicyclic) bond motifs is 1. The van der Waals surface area contributed by atoms with Gasteiger partial charge in [0.2, 0.25) is 0 Å². The molecule has 0 unspecified atom stereocenters. The average Bonchev–Trinajstić information content (AvgIpc) is 2.53.